The predicted molar refractivity (Wildman–Crippen MR) is 128 cm³/mol. The molecule has 7 nitrogen and oxygen atoms in total. The van der Waals surface area contributed by atoms with Crippen molar-refractivity contribution in [2.45, 2.75) is 50.8 Å². The minimum atomic E-state index is -0.250. The van der Waals surface area contributed by atoms with Crippen molar-refractivity contribution in [3.05, 3.63) is 59.9 Å². The molecule has 3 aromatic rings. The minimum absolute atomic E-state index is 0.160. The first-order valence-electron chi connectivity index (χ1n) is 11.8. The number of rotatable bonds is 7. The molecule has 1 aliphatic carbocycles. The fourth-order valence-electron chi connectivity index (χ4n) is 5.02. The van der Waals surface area contributed by atoms with Crippen molar-refractivity contribution in [1.29, 1.82) is 0 Å². The summed E-state index contributed by atoms with van der Waals surface area (Å²) in [6.45, 7) is 3.80. The number of hydrogen-bond acceptors (Lipinski definition) is 5. The number of carbonyl (C=O) groups is 1. The lowest BCUT2D eigenvalue weighted by Crippen LogP contribution is -2.49. The van der Waals surface area contributed by atoms with Crippen LogP contribution in [0.4, 0.5) is 10.5 Å². The Balaban J connectivity index is 1.27. The molecule has 1 saturated carbocycles. The molecular formula is C26H32N4O3. The number of nitrogens with zero attached hydrogens (tertiary/aromatic N) is 2. The Kier molecular flexibility index (Phi) is 6.22. The van der Waals surface area contributed by atoms with E-state index in [1.807, 2.05) is 47.5 Å². The van der Waals surface area contributed by atoms with E-state index in [4.69, 9.17) is 9.47 Å². The molecule has 0 spiro atoms. The van der Waals surface area contributed by atoms with Crippen LogP contribution in [0, 0.1) is 5.92 Å². The van der Waals surface area contributed by atoms with E-state index in [1.54, 1.807) is 7.11 Å². The normalized spacial score (nSPS) is 24.6. The molecule has 2 aliphatic rings. The van der Waals surface area contributed by atoms with E-state index in [0.717, 1.165) is 48.2 Å². The molecule has 2 fully saturated rings. The number of anilines is 1. The van der Waals surface area contributed by atoms with E-state index >= 15 is 0 Å². The number of H-pyrrole nitrogens is 1. The number of likely N-dealkylation sites (tertiary alicyclic amines) is 1. The van der Waals surface area contributed by atoms with Crippen molar-refractivity contribution in [1.82, 2.24) is 14.9 Å². The lowest BCUT2D eigenvalue weighted by Gasteiger charge is -2.38. The van der Waals surface area contributed by atoms with Gasteiger partial charge in [-0.1, -0.05) is 30.3 Å². The van der Waals surface area contributed by atoms with Crippen molar-refractivity contribution in [2.24, 2.45) is 5.92 Å². The topological polar surface area (TPSA) is 79.5 Å². The van der Waals surface area contributed by atoms with Crippen LogP contribution < -0.4 is 5.32 Å². The van der Waals surface area contributed by atoms with Gasteiger partial charge in [-0.2, -0.15) is 0 Å². The number of nitrogens with one attached hydrogen (secondary N) is 2. The fraction of sp³-hybridized carbons (Fsp3) is 0.462. The average molecular weight is 449 g/mol. The van der Waals surface area contributed by atoms with Gasteiger partial charge in [-0.05, 0) is 55.2 Å². The average Bonchev–Trinajstić information content (AvgIpc) is 3.46. The van der Waals surface area contributed by atoms with Crippen molar-refractivity contribution in [3.8, 4) is 0 Å². The number of hydrogen-bond donors (Lipinski definition) is 2. The lowest BCUT2D eigenvalue weighted by atomic mass is 9.99. The number of aromatic amines is 1. The van der Waals surface area contributed by atoms with Crippen LogP contribution in [0.5, 0.6) is 0 Å². The van der Waals surface area contributed by atoms with Crippen LogP contribution in [0.2, 0.25) is 0 Å². The van der Waals surface area contributed by atoms with E-state index in [0.29, 0.717) is 25.0 Å². The summed E-state index contributed by atoms with van der Waals surface area (Å²) in [6.07, 6.45) is 6.77. The van der Waals surface area contributed by atoms with Gasteiger partial charge in [0.2, 0.25) is 0 Å². The molecule has 1 amide bonds. The van der Waals surface area contributed by atoms with Crippen molar-refractivity contribution in [2.75, 3.05) is 25.6 Å². The summed E-state index contributed by atoms with van der Waals surface area (Å²) in [7, 11) is 1.76. The quantitative estimate of drug-likeness (QED) is 0.537. The first-order valence-corrected chi connectivity index (χ1v) is 11.8. The Bertz CT molecular complexity index is 1100. The van der Waals surface area contributed by atoms with Crippen LogP contribution in [0.15, 0.2) is 48.8 Å². The number of aromatic nitrogens is 2. The molecule has 2 N–H and O–H groups in total. The molecule has 4 atom stereocenters. The second kappa shape index (κ2) is 9.43. The Morgan fingerprint density at radius 1 is 1.24 bits per heavy atom. The van der Waals surface area contributed by atoms with Gasteiger partial charge in [0.25, 0.3) is 0 Å². The zero-order valence-corrected chi connectivity index (χ0v) is 19.3. The molecule has 33 heavy (non-hydrogen) atoms. The van der Waals surface area contributed by atoms with Crippen molar-refractivity contribution in [3.63, 3.8) is 0 Å². The summed E-state index contributed by atoms with van der Waals surface area (Å²) in [5.74, 6) is 1.09. The van der Waals surface area contributed by atoms with Gasteiger partial charge < -0.3 is 24.7 Å². The standard InChI is InChI=1S/C26H32N4O3/c1-17-8-9-20(14-30(17)26(31)33-15-18-6-4-3-5-7-18)29-23-10-11-27-25-24(23)22(13-28-25)21-12-19(21)16-32-2/h3-7,10-11,13,17,19-21H,8-9,12,14-16H2,1-2H3,(H2,27,28,29)/t17-,19?,20+,21?/m0/s1. The third-order valence-electron chi connectivity index (χ3n) is 6.99. The maximum Gasteiger partial charge on any atom is 0.410 e. The molecule has 1 aliphatic heterocycles. The Morgan fingerprint density at radius 3 is 2.91 bits per heavy atom. The smallest absolute Gasteiger partial charge is 0.410 e. The van der Waals surface area contributed by atoms with Crippen LogP contribution in [-0.2, 0) is 16.1 Å². The Morgan fingerprint density at radius 2 is 2.09 bits per heavy atom. The molecule has 2 aromatic heterocycles. The van der Waals surface area contributed by atoms with E-state index in [1.165, 1.54) is 5.56 Å². The van der Waals surface area contributed by atoms with Crippen molar-refractivity contribution < 1.29 is 14.3 Å². The summed E-state index contributed by atoms with van der Waals surface area (Å²) in [4.78, 5) is 22.6. The minimum Gasteiger partial charge on any atom is -0.445 e. The van der Waals surface area contributed by atoms with Gasteiger partial charge in [0, 0.05) is 55.8 Å². The highest BCUT2D eigenvalue weighted by molar-refractivity contribution is 5.93. The SMILES string of the molecule is COCC1CC1c1c[nH]c2nccc(N[C@@H]3CC[C@H](C)N(C(=O)OCc4ccccc4)C3)c12. The zero-order valence-electron chi connectivity index (χ0n) is 19.3. The third-order valence-corrected chi connectivity index (χ3v) is 6.99. The van der Waals surface area contributed by atoms with E-state index in [9.17, 15) is 4.79 Å². The van der Waals surface area contributed by atoms with Crippen LogP contribution in [0.1, 0.15) is 43.2 Å². The molecule has 7 heteroatoms. The molecule has 174 valence electrons. The molecule has 0 bridgehead atoms. The molecule has 1 aromatic carbocycles. The van der Waals surface area contributed by atoms with Crippen LogP contribution >= 0.6 is 0 Å². The monoisotopic (exact) mass is 448 g/mol. The number of pyridine rings is 1. The number of fused-ring (bicyclic) bond motifs is 1. The van der Waals surface area contributed by atoms with Gasteiger partial charge in [0.15, 0.2) is 0 Å². The summed E-state index contributed by atoms with van der Waals surface area (Å²) in [5.41, 5.74) is 4.29. The highest BCUT2D eigenvalue weighted by atomic mass is 16.6. The third kappa shape index (κ3) is 4.69. The van der Waals surface area contributed by atoms with Gasteiger partial charge in [0.1, 0.15) is 12.3 Å². The molecular weight excluding hydrogens is 416 g/mol. The fourth-order valence-corrected chi connectivity index (χ4v) is 5.02. The van der Waals surface area contributed by atoms with Gasteiger partial charge in [-0.3, -0.25) is 0 Å². The summed E-state index contributed by atoms with van der Waals surface area (Å²) in [5, 5.41) is 4.88. The number of amides is 1. The Hall–Kier alpha value is -3.06. The van der Waals surface area contributed by atoms with Crippen LogP contribution in [0.25, 0.3) is 11.0 Å². The molecule has 5 rings (SSSR count). The maximum absolute atomic E-state index is 12.8. The lowest BCUT2D eigenvalue weighted by molar-refractivity contribution is 0.0696. The molecule has 3 heterocycles. The second-order valence-electron chi connectivity index (χ2n) is 9.34. The van der Waals surface area contributed by atoms with Gasteiger partial charge in [-0.25, -0.2) is 9.78 Å². The van der Waals surface area contributed by atoms with E-state index in [2.05, 4.69) is 28.4 Å². The predicted octanol–water partition coefficient (Wildman–Crippen LogP) is 4.91. The van der Waals surface area contributed by atoms with Crippen LogP contribution in [-0.4, -0.2) is 53.3 Å². The van der Waals surface area contributed by atoms with E-state index in [-0.39, 0.29) is 18.2 Å². The second-order valence-corrected chi connectivity index (χ2v) is 9.34. The first-order chi connectivity index (χ1) is 16.1. The van der Waals surface area contributed by atoms with E-state index < -0.39 is 0 Å². The number of carbonyl (C=O) groups excluding carboxylic acids is 1. The first kappa shape index (κ1) is 21.8. The van der Waals surface area contributed by atoms with Crippen molar-refractivity contribution >= 4 is 22.8 Å². The van der Waals surface area contributed by atoms with Crippen LogP contribution in [0.3, 0.4) is 0 Å². The maximum atomic E-state index is 12.8. The van der Waals surface area contributed by atoms with Gasteiger partial charge in [-0.15, -0.1) is 0 Å². The highest BCUT2D eigenvalue weighted by Gasteiger charge is 2.40. The summed E-state index contributed by atoms with van der Waals surface area (Å²) >= 11 is 0. The number of piperidine rings is 1. The largest absolute Gasteiger partial charge is 0.445 e. The summed E-state index contributed by atoms with van der Waals surface area (Å²) < 4.78 is 11.0. The van der Waals surface area contributed by atoms with Gasteiger partial charge >= 0.3 is 6.09 Å². The molecule has 1 saturated heterocycles. The number of benzene rings is 1. The summed E-state index contributed by atoms with van der Waals surface area (Å²) in [6, 6.07) is 12.2. The molecule has 2 unspecified atom stereocenters. The Labute approximate surface area is 194 Å². The highest BCUT2D eigenvalue weighted by Crippen LogP contribution is 2.50. The number of ether oxygens (including phenoxy) is 2. The van der Waals surface area contributed by atoms with Gasteiger partial charge in [0.05, 0.1) is 0 Å². The zero-order chi connectivity index (χ0) is 22.8. The number of methoxy groups -OCH3 is 1. The molecule has 0 radical (unpaired) electrons.